The maximum Gasteiger partial charge on any atom is 0.210 e. The number of hydrogen-bond acceptors (Lipinski definition) is 3. The summed E-state index contributed by atoms with van der Waals surface area (Å²) in [5.74, 6) is 7.35. The van der Waals surface area contributed by atoms with E-state index in [0.717, 1.165) is 12.2 Å². The molecule has 1 heterocycles. The molecule has 0 radical (unpaired) electrons. The Morgan fingerprint density at radius 2 is 2.24 bits per heavy atom. The molecule has 1 unspecified atom stereocenters. The van der Waals surface area contributed by atoms with Gasteiger partial charge in [-0.2, -0.15) is 11.8 Å². The van der Waals surface area contributed by atoms with E-state index in [9.17, 15) is 0 Å². The van der Waals surface area contributed by atoms with Crippen LogP contribution >= 0.6 is 11.8 Å². The van der Waals surface area contributed by atoms with E-state index in [2.05, 4.69) is 15.7 Å². The molecule has 1 saturated heterocycles. The van der Waals surface area contributed by atoms with Crippen LogP contribution in [0, 0.1) is 0 Å². The lowest BCUT2D eigenvalue weighted by Gasteiger charge is -2.10. The van der Waals surface area contributed by atoms with Crippen LogP contribution in [0.5, 0.6) is 0 Å². The van der Waals surface area contributed by atoms with Crippen LogP contribution in [0.3, 0.4) is 0 Å². The van der Waals surface area contributed by atoms with Gasteiger partial charge in [0.25, 0.3) is 0 Å². The molecule has 17 heavy (non-hydrogen) atoms. The lowest BCUT2D eigenvalue weighted by atomic mass is 10.2. The van der Waals surface area contributed by atoms with Crippen molar-refractivity contribution in [3.8, 4) is 0 Å². The molecule has 0 bridgehead atoms. The molecule has 4 nitrogen and oxygen atoms in total. The largest absolute Gasteiger partial charge is 0.325 e. The van der Waals surface area contributed by atoms with E-state index in [-0.39, 0.29) is 0 Å². The van der Waals surface area contributed by atoms with Crippen LogP contribution in [0.1, 0.15) is 12.8 Å². The van der Waals surface area contributed by atoms with Crippen molar-refractivity contribution in [1.82, 2.24) is 5.43 Å². The van der Waals surface area contributed by atoms with Crippen LogP contribution in [0.2, 0.25) is 0 Å². The molecule has 1 aliphatic heterocycles. The minimum atomic E-state index is 0.628. The summed E-state index contributed by atoms with van der Waals surface area (Å²) in [6, 6.07) is 9.90. The summed E-state index contributed by atoms with van der Waals surface area (Å²) in [7, 11) is 0. The highest BCUT2D eigenvalue weighted by molar-refractivity contribution is 8.00. The zero-order valence-corrected chi connectivity index (χ0v) is 10.5. The van der Waals surface area contributed by atoms with Gasteiger partial charge in [0.2, 0.25) is 5.96 Å². The Labute approximate surface area is 106 Å². The van der Waals surface area contributed by atoms with Crippen LogP contribution in [0.25, 0.3) is 0 Å². The molecule has 1 aromatic rings. The number of rotatable bonds is 3. The summed E-state index contributed by atoms with van der Waals surface area (Å²) < 4.78 is 0. The number of anilines is 1. The van der Waals surface area contributed by atoms with Crippen molar-refractivity contribution < 1.29 is 0 Å². The summed E-state index contributed by atoms with van der Waals surface area (Å²) in [6.07, 6.45) is 2.57. The van der Waals surface area contributed by atoms with Gasteiger partial charge in [0.05, 0.1) is 6.54 Å². The van der Waals surface area contributed by atoms with Crippen LogP contribution in [-0.4, -0.2) is 23.5 Å². The fourth-order valence-electron chi connectivity index (χ4n) is 1.76. The van der Waals surface area contributed by atoms with Crippen molar-refractivity contribution in [1.29, 1.82) is 0 Å². The number of para-hydroxylation sites is 1. The average Bonchev–Trinajstić information content (AvgIpc) is 2.89. The number of nitrogens with one attached hydrogen (secondary N) is 2. The number of nitrogens with zero attached hydrogens (tertiary/aromatic N) is 1. The van der Waals surface area contributed by atoms with Crippen molar-refractivity contribution in [2.75, 3.05) is 17.6 Å². The number of benzene rings is 1. The van der Waals surface area contributed by atoms with Gasteiger partial charge in [0, 0.05) is 10.9 Å². The Hall–Kier alpha value is -1.20. The molecule has 0 aliphatic carbocycles. The Morgan fingerprint density at radius 1 is 1.41 bits per heavy atom. The fraction of sp³-hybridized carbons (Fsp3) is 0.417. The van der Waals surface area contributed by atoms with Gasteiger partial charge < -0.3 is 5.32 Å². The third-order valence-corrected chi connectivity index (χ3v) is 4.03. The number of aliphatic imine (C=N–C) groups is 1. The highest BCUT2D eigenvalue weighted by atomic mass is 32.2. The lowest BCUT2D eigenvalue weighted by Crippen LogP contribution is -2.36. The molecule has 0 spiro atoms. The Morgan fingerprint density at radius 3 is 2.88 bits per heavy atom. The smallest absolute Gasteiger partial charge is 0.210 e. The molecule has 1 aliphatic rings. The molecule has 0 amide bonds. The Bertz CT molecular complexity index is 360. The summed E-state index contributed by atoms with van der Waals surface area (Å²) >= 11 is 2.00. The number of guanidine groups is 1. The van der Waals surface area contributed by atoms with E-state index in [1.807, 2.05) is 42.1 Å². The zero-order valence-electron chi connectivity index (χ0n) is 9.73. The van der Waals surface area contributed by atoms with E-state index in [1.54, 1.807) is 0 Å². The van der Waals surface area contributed by atoms with E-state index in [4.69, 9.17) is 5.84 Å². The van der Waals surface area contributed by atoms with Crippen LogP contribution in [0.15, 0.2) is 35.3 Å². The van der Waals surface area contributed by atoms with Gasteiger partial charge in [0.15, 0.2) is 0 Å². The highest BCUT2D eigenvalue weighted by Crippen LogP contribution is 2.26. The summed E-state index contributed by atoms with van der Waals surface area (Å²) in [5, 5.41) is 3.81. The molecule has 4 N–H and O–H groups in total. The number of hydrogen-bond donors (Lipinski definition) is 3. The summed E-state index contributed by atoms with van der Waals surface area (Å²) in [4.78, 5) is 4.47. The predicted octanol–water partition coefficient (Wildman–Crippen LogP) is 1.81. The maximum absolute atomic E-state index is 5.46. The number of nitrogens with two attached hydrogens (primary N) is 1. The summed E-state index contributed by atoms with van der Waals surface area (Å²) in [5.41, 5.74) is 3.59. The molecule has 92 valence electrons. The van der Waals surface area contributed by atoms with E-state index in [1.165, 1.54) is 18.6 Å². The van der Waals surface area contributed by atoms with Gasteiger partial charge >= 0.3 is 0 Å². The predicted molar refractivity (Wildman–Crippen MR) is 75.2 cm³/mol. The van der Waals surface area contributed by atoms with Crippen LogP contribution in [-0.2, 0) is 0 Å². The minimum Gasteiger partial charge on any atom is -0.325 e. The number of hydrazine groups is 1. The second kappa shape index (κ2) is 6.51. The Balaban J connectivity index is 1.89. The molecule has 1 aromatic carbocycles. The molecular formula is C12H18N4S. The van der Waals surface area contributed by atoms with Gasteiger partial charge in [-0.15, -0.1) is 0 Å². The van der Waals surface area contributed by atoms with Crippen molar-refractivity contribution in [3.05, 3.63) is 30.3 Å². The first kappa shape index (κ1) is 12.3. The van der Waals surface area contributed by atoms with E-state index >= 15 is 0 Å². The normalized spacial score (nSPS) is 20.3. The quantitative estimate of drug-likeness (QED) is 0.331. The minimum absolute atomic E-state index is 0.628. The second-order valence-electron chi connectivity index (χ2n) is 3.96. The van der Waals surface area contributed by atoms with Crippen molar-refractivity contribution >= 4 is 23.4 Å². The molecule has 0 saturated carbocycles. The molecule has 1 atom stereocenters. The zero-order chi connectivity index (χ0) is 11.9. The monoisotopic (exact) mass is 250 g/mol. The highest BCUT2D eigenvalue weighted by Gasteiger charge is 2.14. The maximum atomic E-state index is 5.46. The van der Waals surface area contributed by atoms with Crippen LogP contribution < -0.4 is 16.6 Å². The molecular weight excluding hydrogens is 232 g/mol. The van der Waals surface area contributed by atoms with Gasteiger partial charge in [0.1, 0.15) is 0 Å². The molecule has 5 heteroatoms. The van der Waals surface area contributed by atoms with Gasteiger partial charge in [-0.25, -0.2) is 5.84 Å². The van der Waals surface area contributed by atoms with Gasteiger partial charge in [-0.3, -0.25) is 10.4 Å². The first-order chi connectivity index (χ1) is 8.38. The third kappa shape index (κ3) is 3.94. The Kier molecular flexibility index (Phi) is 4.70. The molecule has 2 rings (SSSR count). The third-order valence-electron chi connectivity index (χ3n) is 2.65. The lowest BCUT2D eigenvalue weighted by molar-refractivity contribution is 0.783. The topological polar surface area (TPSA) is 62.4 Å². The molecule has 1 fully saturated rings. The second-order valence-corrected chi connectivity index (χ2v) is 5.37. The average molecular weight is 250 g/mol. The van der Waals surface area contributed by atoms with Crippen molar-refractivity contribution in [2.24, 2.45) is 10.8 Å². The number of thioether (sulfide) groups is 1. The first-order valence-electron chi connectivity index (χ1n) is 5.83. The SMILES string of the molecule is NNC(=NCC1CCCS1)Nc1ccccc1. The van der Waals surface area contributed by atoms with E-state index < -0.39 is 0 Å². The standard InChI is InChI=1S/C12H18N4S/c13-16-12(14-9-11-7-4-8-17-11)15-10-5-2-1-3-6-10/h1-3,5-6,11H,4,7-9,13H2,(H2,14,15,16). The van der Waals surface area contributed by atoms with Crippen molar-refractivity contribution in [2.45, 2.75) is 18.1 Å². The van der Waals surface area contributed by atoms with E-state index in [0.29, 0.717) is 11.2 Å². The molecule has 0 aromatic heterocycles. The first-order valence-corrected chi connectivity index (χ1v) is 6.88. The van der Waals surface area contributed by atoms with Gasteiger partial charge in [-0.05, 0) is 30.7 Å². The summed E-state index contributed by atoms with van der Waals surface area (Å²) in [6.45, 7) is 0.823. The van der Waals surface area contributed by atoms with Crippen molar-refractivity contribution in [3.63, 3.8) is 0 Å². The van der Waals surface area contributed by atoms with Crippen LogP contribution in [0.4, 0.5) is 5.69 Å². The van der Waals surface area contributed by atoms with Gasteiger partial charge in [-0.1, -0.05) is 18.2 Å². The fourth-order valence-corrected chi connectivity index (χ4v) is 2.94.